The fourth-order valence-electron chi connectivity index (χ4n) is 4.05. The van der Waals surface area contributed by atoms with Gasteiger partial charge in [0.15, 0.2) is 0 Å². The second kappa shape index (κ2) is 6.18. The van der Waals surface area contributed by atoms with E-state index < -0.39 is 0 Å². The number of carbonyl (C=O) groups excluding carboxylic acids is 1. The Morgan fingerprint density at radius 3 is 2.67 bits per heavy atom. The van der Waals surface area contributed by atoms with Crippen molar-refractivity contribution >= 4 is 5.91 Å². The zero-order valence-corrected chi connectivity index (χ0v) is 12.8. The third kappa shape index (κ3) is 2.84. The fraction of sp³-hybridized carbons (Fsp3) is 0.611. The van der Waals surface area contributed by atoms with Crippen molar-refractivity contribution in [2.24, 2.45) is 5.92 Å². The molecule has 21 heavy (non-hydrogen) atoms. The lowest BCUT2D eigenvalue weighted by molar-refractivity contribution is 0.0211. The second-order valence-electron chi connectivity index (χ2n) is 6.54. The van der Waals surface area contributed by atoms with Crippen LogP contribution < -0.4 is 0 Å². The zero-order chi connectivity index (χ0) is 14.8. The van der Waals surface area contributed by atoms with Crippen LogP contribution in [-0.4, -0.2) is 34.6 Å². The number of aliphatic hydroxyl groups is 1. The summed E-state index contributed by atoms with van der Waals surface area (Å²) in [6.45, 7) is 2.83. The van der Waals surface area contributed by atoms with Gasteiger partial charge in [-0.1, -0.05) is 31.0 Å². The molecule has 3 unspecified atom stereocenters. The highest BCUT2D eigenvalue weighted by Crippen LogP contribution is 2.35. The van der Waals surface area contributed by atoms with E-state index in [0.717, 1.165) is 49.8 Å². The molecule has 1 aromatic carbocycles. The maximum absolute atomic E-state index is 12.9. The van der Waals surface area contributed by atoms with Crippen LogP contribution in [0.5, 0.6) is 0 Å². The Morgan fingerprint density at radius 2 is 1.90 bits per heavy atom. The minimum Gasteiger partial charge on any atom is -0.393 e. The number of likely N-dealkylation sites (tertiary alicyclic amines) is 1. The third-order valence-electron chi connectivity index (χ3n) is 5.21. The molecule has 1 aromatic rings. The van der Waals surface area contributed by atoms with Crippen molar-refractivity contribution in [3.05, 3.63) is 35.4 Å². The van der Waals surface area contributed by atoms with E-state index in [0.29, 0.717) is 0 Å². The average molecular weight is 287 g/mol. The summed E-state index contributed by atoms with van der Waals surface area (Å²) < 4.78 is 0. The first-order valence-corrected chi connectivity index (χ1v) is 8.23. The van der Waals surface area contributed by atoms with Gasteiger partial charge in [-0.2, -0.15) is 0 Å². The Balaban J connectivity index is 1.80. The van der Waals surface area contributed by atoms with E-state index in [-0.39, 0.29) is 24.0 Å². The highest BCUT2D eigenvalue weighted by Gasteiger charge is 2.39. The predicted octanol–water partition coefficient (Wildman–Crippen LogP) is 3.15. The number of aliphatic hydroxyl groups excluding tert-OH is 1. The molecule has 2 aliphatic rings. The number of hydrogen-bond acceptors (Lipinski definition) is 2. The van der Waals surface area contributed by atoms with Gasteiger partial charge in [0.2, 0.25) is 0 Å². The van der Waals surface area contributed by atoms with Gasteiger partial charge in [-0.3, -0.25) is 4.79 Å². The number of benzene rings is 1. The van der Waals surface area contributed by atoms with E-state index in [1.165, 1.54) is 6.42 Å². The molecule has 3 atom stereocenters. The largest absolute Gasteiger partial charge is 0.393 e. The molecule has 0 aromatic heterocycles. The Kier molecular flexibility index (Phi) is 4.29. The first-order valence-electron chi connectivity index (χ1n) is 8.23. The van der Waals surface area contributed by atoms with Crippen molar-refractivity contribution in [1.29, 1.82) is 0 Å². The smallest absolute Gasteiger partial charge is 0.254 e. The molecule has 1 N–H and O–H groups in total. The molecule has 2 fully saturated rings. The topological polar surface area (TPSA) is 40.5 Å². The normalized spacial score (nSPS) is 29.6. The molecular weight excluding hydrogens is 262 g/mol. The summed E-state index contributed by atoms with van der Waals surface area (Å²) in [6, 6.07) is 8.05. The summed E-state index contributed by atoms with van der Waals surface area (Å²) in [6.07, 6.45) is 6.14. The van der Waals surface area contributed by atoms with Crippen LogP contribution in [0.3, 0.4) is 0 Å². The van der Waals surface area contributed by atoms with Crippen LogP contribution in [0, 0.1) is 12.8 Å². The van der Waals surface area contributed by atoms with Gasteiger partial charge in [0, 0.05) is 24.1 Å². The average Bonchev–Trinajstić information content (AvgIpc) is 2.97. The van der Waals surface area contributed by atoms with Crippen molar-refractivity contribution in [2.45, 2.75) is 57.6 Å². The molecule has 0 bridgehead atoms. The number of amides is 1. The highest BCUT2D eigenvalue weighted by atomic mass is 16.3. The monoisotopic (exact) mass is 287 g/mol. The van der Waals surface area contributed by atoms with Gasteiger partial charge >= 0.3 is 0 Å². The van der Waals surface area contributed by atoms with E-state index in [4.69, 9.17) is 0 Å². The molecule has 114 valence electrons. The summed E-state index contributed by atoms with van der Waals surface area (Å²) in [5, 5.41) is 10.3. The third-order valence-corrected chi connectivity index (χ3v) is 5.21. The van der Waals surface area contributed by atoms with Gasteiger partial charge in [-0.05, 0) is 44.2 Å². The van der Waals surface area contributed by atoms with E-state index in [1.54, 1.807) is 0 Å². The van der Waals surface area contributed by atoms with Gasteiger partial charge in [-0.15, -0.1) is 0 Å². The fourth-order valence-corrected chi connectivity index (χ4v) is 4.05. The van der Waals surface area contributed by atoms with Crippen LogP contribution >= 0.6 is 0 Å². The van der Waals surface area contributed by atoms with Crippen LogP contribution in [-0.2, 0) is 0 Å². The zero-order valence-electron chi connectivity index (χ0n) is 12.8. The van der Waals surface area contributed by atoms with Crippen LogP contribution in [0.25, 0.3) is 0 Å². The maximum Gasteiger partial charge on any atom is 0.254 e. The lowest BCUT2D eigenvalue weighted by Crippen LogP contribution is -2.45. The minimum absolute atomic E-state index is 0.147. The van der Waals surface area contributed by atoms with Gasteiger partial charge in [0.1, 0.15) is 0 Å². The molecule has 1 heterocycles. The highest BCUT2D eigenvalue weighted by molar-refractivity contribution is 5.96. The standard InChI is InChI=1S/C18H25NO2/c1-13-7-2-3-8-14(13)18(21)19-12-6-10-16(19)15-9-4-5-11-17(15)20/h2-3,7-8,15-17,20H,4-6,9-12H2,1H3. The molecule has 1 saturated heterocycles. The molecule has 1 aliphatic heterocycles. The lowest BCUT2D eigenvalue weighted by atomic mass is 9.80. The van der Waals surface area contributed by atoms with E-state index in [2.05, 4.69) is 0 Å². The first kappa shape index (κ1) is 14.6. The van der Waals surface area contributed by atoms with Crippen molar-refractivity contribution < 1.29 is 9.90 Å². The summed E-state index contributed by atoms with van der Waals surface area (Å²) >= 11 is 0. The van der Waals surface area contributed by atoms with Crippen LogP contribution in [0.1, 0.15) is 54.4 Å². The second-order valence-corrected chi connectivity index (χ2v) is 6.54. The summed E-state index contributed by atoms with van der Waals surface area (Å²) in [5.41, 5.74) is 1.85. The van der Waals surface area contributed by atoms with Crippen LogP contribution in [0.2, 0.25) is 0 Å². The Labute approximate surface area is 127 Å². The molecule has 0 spiro atoms. The van der Waals surface area contributed by atoms with E-state index in [1.807, 2.05) is 36.1 Å². The van der Waals surface area contributed by atoms with Gasteiger partial charge in [0.05, 0.1) is 6.10 Å². The van der Waals surface area contributed by atoms with E-state index >= 15 is 0 Å². The first-order chi connectivity index (χ1) is 10.2. The molecule has 3 heteroatoms. The Bertz CT molecular complexity index is 514. The number of carbonyl (C=O) groups is 1. The van der Waals surface area contributed by atoms with Crippen molar-refractivity contribution in [1.82, 2.24) is 4.90 Å². The van der Waals surface area contributed by atoms with Gasteiger partial charge in [0.25, 0.3) is 5.91 Å². The van der Waals surface area contributed by atoms with Gasteiger partial charge < -0.3 is 10.0 Å². The lowest BCUT2D eigenvalue weighted by Gasteiger charge is -2.37. The summed E-state index contributed by atoms with van der Waals surface area (Å²) in [7, 11) is 0. The van der Waals surface area contributed by atoms with Gasteiger partial charge in [-0.25, -0.2) is 0 Å². The van der Waals surface area contributed by atoms with Crippen molar-refractivity contribution in [3.8, 4) is 0 Å². The Hall–Kier alpha value is -1.35. The molecule has 1 aliphatic carbocycles. The minimum atomic E-state index is -0.228. The van der Waals surface area contributed by atoms with Crippen LogP contribution in [0.15, 0.2) is 24.3 Å². The SMILES string of the molecule is Cc1ccccc1C(=O)N1CCCC1C1CCCCC1O. The van der Waals surface area contributed by atoms with Crippen molar-refractivity contribution in [2.75, 3.05) is 6.54 Å². The van der Waals surface area contributed by atoms with E-state index in [9.17, 15) is 9.90 Å². The summed E-state index contributed by atoms with van der Waals surface area (Å²) in [5.74, 6) is 0.419. The van der Waals surface area contributed by atoms with Crippen LogP contribution in [0.4, 0.5) is 0 Å². The Morgan fingerprint density at radius 1 is 1.14 bits per heavy atom. The number of aryl methyl sites for hydroxylation is 1. The molecule has 1 amide bonds. The quantitative estimate of drug-likeness (QED) is 0.907. The predicted molar refractivity (Wildman–Crippen MR) is 83.2 cm³/mol. The molecule has 3 nitrogen and oxygen atoms in total. The number of hydrogen-bond donors (Lipinski definition) is 1. The molecular formula is C18H25NO2. The van der Waals surface area contributed by atoms with Crippen molar-refractivity contribution in [3.63, 3.8) is 0 Å². The molecule has 1 saturated carbocycles. The molecule has 3 rings (SSSR count). The summed E-state index contributed by atoms with van der Waals surface area (Å²) in [4.78, 5) is 14.9. The molecule has 0 radical (unpaired) electrons. The number of nitrogens with zero attached hydrogens (tertiary/aromatic N) is 1. The number of rotatable bonds is 2. The maximum atomic E-state index is 12.9.